The molecule has 1 N–H and O–H groups in total. The van der Waals surface area contributed by atoms with Gasteiger partial charge in [-0.15, -0.1) is 0 Å². The van der Waals surface area contributed by atoms with Crippen LogP contribution in [-0.4, -0.2) is 26.2 Å². The summed E-state index contributed by atoms with van der Waals surface area (Å²) in [5.41, 5.74) is 0.978. The molecule has 4 rings (SSSR count). The number of fused-ring (bicyclic) bond motifs is 1. The largest absolute Gasteiger partial charge is 0.325 e. The number of rotatable bonds is 4. The van der Waals surface area contributed by atoms with Gasteiger partial charge in [-0.2, -0.15) is 0 Å². The van der Waals surface area contributed by atoms with Gasteiger partial charge in [0.15, 0.2) is 0 Å². The molecule has 29 heavy (non-hydrogen) atoms. The first-order valence-corrected chi connectivity index (χ1v) is 9.61. The zero-order chi connectivity index (χ0) is 20.8. The predicted molar refractivity (Wildman–Crippen MR) is 109 cm³/mol. The van der Waals surface area contributed by atoms with Crippen LogP contribution in [0.15, 0.2) is 53.5 Å². The molecule has 7 nitrogen and oxygen atoms in total. The second kappa shape index (κ2) is 7.00. The van der Waals surface area contributed by atoms with Crippen LogP contribution >= 0.6 is 11.6 Å². The minimum Gasteiger partial charge on any atom is -0.319 e. The van der Waals surface area contributed by atoms with Crippen LogP contribution in [0.5, 0.6) is 0 Å². The lowest BCUT2D eigenvalue weighted by Gasteiger charge is -2.25. The molecular weight excluding hydrogens is 392 g/mol. The number of nitrogens with zero attached hydrogens (tertiary/aromatic N) is 3. The molecule has 3 amide bonds. The molecule has 0 saturated carbocycles. The Labute approximate surface area is 171 Å². The van der Waals surface area contributed by atoms with Gasteiger partial charge in [0, 0.05) is 17.3 Å². The summed E-state index contributed by atoms with van der Waals surface area (Å²) in [7, 11) is 0. The smallest absolute Gasteiger partial charge is 0.319 e. The number of carbonyl (C=O) groups excluding carboxylic acids is 2. The lowest BCUT2D eigenvalue weighted by atomic mass is 9.87. The van der Waals surface area contributed by atoms with Crippen LogP contribution < -0.4 is 10.9 Å². The van der Waals surface area contributed by atoms with Crippen LogP contribution in [-0.2, 0) is 16.9 Å². The third kappa shape index (κ3) is 3.17. The van der Waals surface area contributed by atoms with E-state index in [9.17, 15) is 14.4 Å². The Bertz CT molecular complexity index is 1190. The molecule has 1 saturated heterocycles. The van der Waals surface area contributed by atoms with Gasteiger partial charge in [0.2, 0.25) is 0 Å². The Morgan fingerprint density at radius 3 is 2.52 bits per heavy atom. The predicted octanol–water partition coefficient (Wildman–Crippen LogP) is 3.01. The molecule has 0 radical (unpaired) electrons. The summed E-state index contributed by atoms with van der Waals surface area (Å²) < 4.78 is 1.44. The van der Waals surface area contributed by atoms with E-state index in [4.69, 9.17) is 11.6 Å². The summed E-state index contributed by atoms with van der Waals surface area (Å²) in [6, 6.07) is 11.2. The highest BCUT2D eigenvalue weighted by Gasteiger charge is 2.51. The topological polar surface area (TPSA) is 83.8 Å². The van der Waals surface area contributed by atoms with Crippen molar-refractivity contribution >= 4 is 29.2 Å². The van der Waals surface area contributed by atoms with Crippen molar-refractivity contribution in [3.63, 3.8) is 0 Å². The number of carbonyl (C=O) groups is 2. The zero-order valence-electron chi connectivity index (χ0n) is 16.0. The molecule has 1 aromatic carbocycles. The van der Waals surface area contributed by atoms with E-state index in [0.717, 1.165) is 10.5 Å². The van der Waals surface area contributed by atoms with Crippen molar-refractivity contribution in [2.75, 3.05) is 0 Å². The Morgan fingerprint density at radius 1 is 1.10 bits per heavy atom. The molecule has 3 heterocycles. The van der Waals surface area contributed by atoms with Crippen LogP contribution in [0.2, 0.25) is 5.02 Å². The minimum absolute atomic E-state index is 0.0837. The van der Waals surface area contributed by atoms with Crippen molar-refractivity contribution in [2.24, 2.45) is 0 Å². The highest BCUT2D eigenvalue weighted by Crippen LogP contribution is 2.33. The number of amides is 3. The fraction of sp³-hybridized carbons (Fsp3) is 0.238. The Hall–Kier alpha value is -3.19. The van der Waals surface area contributed by atoms with E-state index in [1.54, 1.807) is 36.5 Å². The number of aryl methyl sites for hydroxylation is 1. The number of halogens is 1. The van der Waals surface area contributed by atoms with Crippen LogP contribution in [0.4, 0.5) is 4.79 Å². The van der Waals surface area contributed by atoms with E-state index in [1.807, 2.05) is 19.9 Å². The molecule has 1 aliphatic rings. The monoisotopic (exact) mass is 410 g/mol. The van der Waals surface area contributed by atoms with Crippen LogP contribution in [0, 0.1) is 6.92 Å². The van der Waals surface area contributed by atoms with Crippen molar-refractivity contribution in [2.45, 2.75) is 32.4 Å². The number of nitrogens with one attached hydrogen (secondary N) is 1. The summed E-state index contributed by atoms with van der Waals surface area (Å²) >= 11 is 5.96. The molecule has 1 aliphatic heterocycles. The Balaban J connectivity index is 1.69. The van der Waals surface area contributed by atoms with Crippen molar-refractivity contribution in [1.29, 1.82) is 0 Å². The summed E-state index contributed by atoms with van der Waals surface area (Å²) in [4.78, 5) is 43.9. The van der Waals surface area contributed by atoms with Crippen LogP contribution in [0.1, 0.15) is 30.2 Å². The van der Waals surface area contributed by atoms with Gasteiger partial charge in [-0.1, -0.05) is 36.7 Å². The molecule has 1 fully saturated rings. The first-order valence-electron chi connectivity index (χ1n) is 9.23. The van der Waals surface area contributed by atoms with Crippen molar-refractivity contribution in [3.05, 3.63) is 80.9 Å². The average Bonchev–Trinajstić information content (AvgIpc) is 2.94. The first kappa shape index (κ1) is 19.1. The van der Waals surface area contributed by atoms with E-state index in [1.165, 1.54) is 10.5 Å². The van der Waals surface area contributed by atoms with E-state index in [0.29, 0.717) is 28.3 Å². The average molecular weight is 411 g/mol. The number of urea groups is 1. The second-order valence-electron chi connectivity index (χ2n) is 7.11. The fourth-order valence-corrected chi connectivity index (χ4v) is 3.77. The van der Waals surface area contributed by atoms with Gasteiger partial charge in [-0.05, 0) is 42.7 Å². The SMILES string of the molecule is CCC1(c2ccc(Cl)cc2)NC(=O)N(Cc2cc(=O)n3cc(C)ccc3n2)C1=O. The zero-order valence-corrected chi connectivity index (χ0v) is 16.7. The maximum absolute atomic E-state index is 13.3. The molecule has 3 aromatic rings. The highest BCUT2D eigenvalue weighted by atomic mass is 35.5. The van der Waals surface area contributed by atoms with Gasteiger partial charge in [0.05, 0.1) is 12.2 Å². The molecule has 1 atom stereocenters. The van der Waals surface area contributed by atoms with Gasteiger partial charge in [-0.3, -0.25) is 18.9 Å². The molecule has 0 bridgehead atoms. The molecular formula is C21H19ClN4O3. The van der Waals surface area contributed by atoms with Gasteiger partial charge >= 0.3 is 6.03 Å². The Kier molecular flexibility index (Phi) is 4.62. The first-order chi connectivity index (χ1) is 13.8. The standard InChI is InChI=1S/C21H19ClN4O3/c1-3-21(14-5-7-15(22)8-6-14)19(28)26(20(29)24-21)12-16-10-18(27)25-11-13(2)4-9-17(25)23-16/h4-11H,3,12H2,1-2H3,(H,24,29). The van der Waals surface area contributed by atoms with Gasteiger partial charge < -0.3 is 5.32 Å². The van der Waals surface area contributed by atoms with Crippen LogP contribution in [0.3, 0.4) is 0 Å². The van der Waals surface area contributed by atoms with Crippen LogP contribution in [0.25, 0.3) is 5.65 Å². The van der Waals surface area contributed by atoms with Crippen molar-refractivity contribution in [3.8, 4) is 0 Å². The van der Waals surface area contributed by atoms with Crippen molar-refractivity contribution < 1.29 is 9.59 Å². The van der Waals surface area contributed by atoms with Crippen molar-refractivity contribution in [1.82, 2.24) is 19.6 Å². The van der Waals surface area contributed by atoms with E-state index in [-0.39, 0.29) is 18.0 Å². The molecule has 8 heteroatoms. The van der Waals surface area contributed by atoms with E-state index in [2.05, 4.69) is 10.3 Å². The van der Waals surface area contributed by atoms with E-state index >= 15 is 0 Å². The second-order valence-corrected chi connectivity index (χ2v) is 7.54. The molecule has 0 spiro atoms. The van der Waals surface area contributed by atoms with E-state index < -0.39 is 11.6 Å². The van der Waals surface area contributed by atoms with Gasteiger partial charge in [-0.25, -0.2) is 9.78 Å². The number of hydrogen-bond donors (Lipinski definition) is 1. The summed E-state index contributed by atoms with van der Waals surface area (Å²) in [5.74, 6) is -0.377. The maximum Gasteiger partial charge on any atom is 0.325 e. The summed E-state index contributed by atoms with van der Waals surface area (Å²) in [5, 5.41) is 3.36. The quantitative estimate of drug-likeness (QED) is 0.670. The Morgan fingerprint density at radius 2 is 1.83 bits per heavy atom. The number of pyridine rings is 1. The molecule has 1 unspecified atom stereocenters. The molecule has 148 valence electrons. The minimum atomic E-state index is -1.16. The lowest BCUT2D eigenvalue weighted by Crippen LogP contribution is -2.43. The lowest BCUT2D eigenvalue weighted by molar-refractivity contribution is -0.132. The number of imide groups is 1. The summed E-state index contributed by atoms with van der Waals surface area (Å²) in [6.45, 7) is 3.63. The normalized spacial score (nSPS) is 19.1. The number of aromatic nitrogens is 2. The maximum atomic E-state index is 13.3. The molecule has 2 aromatic heterocycles. The number of benzene rings is 1. The van der Waals surface area contributed by atoms with Gasteiger partial charge in [0.25, 0.3) is 11.5 Å². The fourth-order valence-electron chi connectivity index (χ4n) is 3.64. The van der Waals surface area contributed by atoms with Gasteiger partial charge in [0.1, 0.15) is 11.2 Å². The highest BCUT2D eigenvalue weighted by molar-refractivity contribution is 6.30. The molecule has 0 aliphatic carbocycles. The third-order valence-corrected chi connectivity index (χ3v) is 5.48. The third-order valence-electron chi connectivity index (χ3n) is 5.22. The summed E-state index contributed by atoms with van der Waals surface area (Å²) in [6.07, 6.45) is 2.08. The number of hydrogen-bond acceptors (Lipinski definition) is 4.